The van der Waals surface area contributed by atoms with Crippen molar-refractivity contribution in [2.45, 2.75) is 35.3 Å². The Kier molecular flexibility index (Phi) is 6.09. The molecule has 152 valence electrons. The molecule has 1 heterocycles. The predicted molar refractivity (Wildman–Crippen MR) is 112 cm³/mol. The summed E-state index contributed by atoms with van der Waals surface area (Å²) in [5.74, 6) is -0.413. The SMILES string of the molecule is CC(=O)c1ccc(NC(=O)C[C@@H](C)S(=O)(=O)c2ccc3c(c2)NC(=O)CS3)cc1. The van der Waals surface area contributed by atoms with Crippen LogP contribution in [-0.2, 0) is 19.4 Å². The number of Topliss-reactive ketones (excluding diaryl/α,β-unsaturated/α-hetero) is 1. The molecule has 1 aliphatic heterocycles. The van der Waals surface area contributed by atoms with Gasteiger partial charge in [-0.15, -0.1) is 11.8 Å². The smallest absolute Gasteiger partial charge is 0.234 e. The Labute approximate surface area is 173 Å². The van der Waals surface area contributed by atoms with Gasteiger partial charge in [-0.25, -0.2) is 8.42 Å². The minimum absolute atomic E-state index is 0.0603. The lowest BCUT2D eigenvalue weighted by Gasteiger charge is -2.18. The number of fused-ring (bicyclic) bond motifs is 1. The van der Waals surface area contributed by atoms with Crippen LogP contribution in [0.15, 0.2) is 52.3 Å². The van der Waals surface area contributed by atoms with Gasteiger partial charge in [0.15, 0.2) is 15.6 Å². The van der Waals surface area contributed by atoms with Crippen LogP contribution in [0.4, 0.5) is 11.4 Å². The molecule has 9 heteroatoms. The van der Waals surface area contributed by atoms with E-state index in [2.05, 4.69) is 10.6 Å². The molecule has 2 aromatic carbocycles. The number of amides is 2. The number of carbonyl (C=O) groups excluding carboxylic acids is 3. The summed E-state index contributed by atoms with van der Waals surface area (Å²) >= 11 is 1.35. The van der Waals surface area contributed by atoms with Gasteiger partial charge in [0.25, 0.3) is 0 Å². The standard InChI is InChI=1S/C20H20N2O5S2/c1-12(9-19(24)21-15-5-3-14(4-6-15)13(2)23)29(26,27)16-7-8-18-17(10-16)22-20(25)11-28-18/h3-8,10,12H,9,11H2,1-2H3,(H,21,24)(H,22,25)/t12-/m1/s1. The molecular formula is C20H20N2O5S2. The van der Waals surface area contributed by atoms with E-state index in [4.69, 9.17) is 0 Å². The van der Waals surface area contributed by atoms with E-state index in [1.54, 1.807) is 30.3 Å². The quantitative estimate of drug-likeness (QED) is 0.679. The average molecular weight is 433 g/mol. The molecule has 0 aromatic heterocycles. The molecule has 0 bridgehead atoms. The van der Waals surface area contributed by atoms with Gasteiger partial charge in [0.2, 0.25) is 11.8 Å². The first-order valence-electron chi connectivity index (χ1n) is 8.88. The summed E-state index contributed by atoms with van der Waals surface area (Å²) in [7, 11) is -3.76. The van der Waals surface area contributed by atoms with Gasteiger partial charge >= 0.3 is 0 Å². The second-order valence-corrected chi connectivity index (χ2v) is 10.1. The fraction of sp³-hybridized carbons (Fsp3) is 0.250. The molecule has 7 nitrogen and oxygen atoms in total. The summed E-state index contributed by atoms with van der Waals surface area (Å²) in [6.45, 7) is 2.92. The third kappa shape index (κ3) is 4.86. The van der Waals surface area contributed by atoms with Gasteiger partial charge in [0.05, 0.1) is 21.6 Å². The Morgan fingerprint density at radius 2 is 1.86 bits per heavy atom. The van der Waals surface area contributed by atoms with E-state index < -0.39 is 21.0 Å². The Morgan fingerprint density at radius 3 is 2.52 bits per heavy atom. The van der Waals surface area contributed by atoms with Crippen molar-refractivity contribution in [3.63, 3.8) is 0 Å². The van der Waals surface area contributed by atoms with Crippen LogP contribution < -0.4 is 10.6 Å². The molecule has 0 fully saturated rings. The monoisotopic (exact) mass is 432 g/mol. The van der Waals surface area contributed by atoms with Gasteiger partial charge in [0, 0.05) is 22.6 Å². The number of nitrogens with one attached hydrogen (secondary N) is 2. The van der Waals surface area contributed by atoms with Crippen molar-refractivity contribution in [2.24, 2.45) is 0 Å². The van der Waals surface area contributed by atoms with Gasteiger partial charge in [0.1, 0.15) is 0 Å². The van der Waals surface area contributed by atoms with Gasteiger partial charge in [-0.05, 0) is 56.3 Å². The highest BCUT2D eigenvalue weighted by Gasteiger charge is 2.27. The van der Waals surface area contributed by atoms with Crippen LogP contribution in [0.5, 0.6) is 0 Å². The average Bonchev–Trinajstić information content (AvgIpc) is 2.67. The zero-order valence-electron chi connectivity index (χ0n) is 15.9. The first kappa shape index (κ1) is 21.1. The van der Waals surface area contributed by atoms with Crippen LogP contribution >= 0.6 is 11.8 Å². The normalized spacial score (nSPS) is 14.5. The Balaban J connectivity index is 1.69. The first-order valence-corrected chi connectivity index (χ1v) is 11.4. The van der Waals surface area contributed by atoms with E-state index in [0.29, 0.717) is 22.7 Å². The molecule has 2 aromatic rings. The second kappa shape index (κ2) is 8.38. The number of benzene rings is 2. The van der Waals surface area contributed by atoms with Crippen LogP contribution in [0.2, 0.25) is 0 Å². The maximum atomic E-state index is 12.9. The highest BCUT2D eigenvalue weighted by Crippen LogP contribution is 2.34. The van der Waals surface area contributed by atoms with Crippen molar-refractivity contribution in [3.05, 3.63) is 48.0 Å². The van der Waals surface area contributed by atoms with Crippen molar-refractivity contribution in [3.8, 4) is 0 Å². The summed E-state index contributed by atoms with van der Waals surface area (Å²) in [5.41, 5.74) is 1.48. The number of thioether (sulfide) groups is 1. The Morgan fingerprint density at radius 1 is 1.17 bits per heavy atom. The molecular weight excluding hydrogens is 412 g/mol. The van der Waals surface area contributed by atoms with Crippen LogP contribution in [0.1, 0.15) is 30.6 Å². The van der Waals surface area contributed by atoms with E-state index in [-0.39, 0.29) is 23.0 Å². The summed E-state index contributed by atoms with van der Waals surface area (Å²) in [5, 5.41) is 4.36. The van der Waals surface area contributed by atoms with Gasteiger partial charge in [-0.2, -0.15) is 0 Å². The maximum absolute atomic E-state index is 12.9. The summed E-state index contributed by atoms with van der Waals surface area (Å²) in [6, 6.07) is 11.0. The molecule has 0 unspecified atom stereocenters. The van der Waals surface area contributed by atoms with Crippen molar-refractivity contribution in [1.29, 1.82) is 0 Å². The highest BCUT2D eigenvalue weighted by atomic mass is 32.2. The van der Waals surface area contributed by atoms with Crippen molar-refractivity contribution >= 4 is 50.6 Å². The minimum atomic E-state index is -3.76. The number of ketones is 1. The van der Waals surface area contributed by atoms with E-state index >= 15 is 0 Å². The molecule has 0 radical (unpaired) electrons. The van der Waals surface area contributed by atoms with Gasteiger partial charge < -0.3 is 10.6 Å². The molecule has 29 heavy (non-hydrogen) atoms. The molecule has 2 amide bonds. The van der Waals surface area contributed by atoms with Crippen LogP contribution in [-0.4, -0.2) is 37.0 Å². The zero-order chi connectivity index (χ0) is 21.2. The fourth-order valence-corrected chi connectivity index (χ4v) is 5.01. The number of anilines is 2. The largest absolute Gasteiger partial charge is 0.326 e. The van der Waals surface area contributed by atoms with E-state index in [1.807, 2.05) is 0 Å². The number of carbonyl (C=O) groups is 3. The molecule has 0 saturated heterocycles. The highest BCUT2D eigenvalue weighted by molar-refractivity contribution is 8.00. The topological polar surface area (TPSA) is 109 Å². The molecule has 1 aliphatic rings. The number of rotatable bonds is 6. The van der Waals surface area contributed by atoms with E-state index in [1.165, 1.54) is 37.7 Å². The van der Waals surface area contributed by atoms with Crippen LogP contribution in [0.25, 0.3) is 0 Å². The van der Waals surface area contributed by atoms with Crippen LogP contribution in [0, 0.1) is 0 Å². The molecule has 2 N–H and O–H groups in total. The number of hydrogen-bond donors (Lipinski definition) is 2. The predicted octanol–water partition coefficient (Wildman–Crippen LogP) is 3.12. The molecule has 1 atom stereocenters. The lowest BCUT2D eigenvalue weighted by atomic mass is 10.1. The molecule has 0 aliphatic carbocycles. The van der Waals surface area contributed by atoms with Crippen molar-refractivity contribution in [2.75, 3.05) is 16.4 Å². The lowest BCUT2D eigenvalue weighted by molar-refractivity contribution is -0.116. The fourth-order valence-electron chi connectivity index (χ4n) is 2.84. The summed E-state index contributed by atoms with van der Waals surface area (Å²) in [6.07, 6.45) is -0.227. The van der Waals surface area contributed by atoms with E-state index in [0.717, 1.165) is 4.90 Å². The molecule has 3 rings (SSSR count). The number of hydrogen-bond acceptors (Lipinski definition) is 6. The first-order chi connectivity index (χ1) is 13.7. The molecule has 0 spiro atoms. The number of sulfone groups is 1. The van der Waals surface area contributed by atoms with E-state index in [9.17, 15) is 22.8 Å². The molecule has 0 saturated carbocycles. The lowest BCUT2D eigenvalue weighted by Crippen LogP contribution is -2.25. The maximum Gasteiger partial charge on any atom is 0.234 e. The Hall–Kier alpha value is -2.65. The summed E-state index contributed by atoms with van der Waals surface area (Å²) < 4.78 is 25.7. The summed E-state index contributed by atoms with van der Waals surface area (Å²) in [4.78, 5) is 36.0. The Bertz CT molecular complexity index is 1080. The third-order valence-corrected chi connectivity index (χ3v) is 7.70. The minimum Gasteiger partial charge on any atom is -0.326 e. The van der Waals surface area contributed by atoms with Crippen LogP contribution in [0.3, 0.4) is 0 Å². The van der Waals surface area contributed by atoms with Gasteiger partial charge in [-0.3, -0.25) is 14.4 Å². The van der Waals surface area contributed by atoms with Crippen molar-refractivity contribution in [1.82, 2.24) is 0 Å². The van der Waals surface area contributed by atoms with Crippen molar-refractivity contribution < 1.29 is 22.8 Å². The third-order valence-electron chi connectivity index (χ3n) is 4.49. The zero-order valence-corrected chi connectivity index (χ0v) is 17.5. The van der Waals surface area contributed by atoms with Gasteiger partial charge in [-0.1, -0.05) is 0 Å². The second-order valence-electron chi connectivity index (χ2n) is 6.74.